The lowest BCUT2D eigenvalue weighted by molar-refractivity contribution is 0.00578. The molecule has 135 heavy (non-hydrogen) atoms. The number of allylic oxidation sites excluding steroid dienone is 4. The zero-order valence-corrected chi connectivity index (χ0v) is 85.1. The average molecular weight is 1920 g/mol. The Morgan fingerprint density at radius 2 is 0.793 bits per heavy atom. The van der Waals surface area contributed by atoms with Gasteiger partial charge < -0.3 is 90.0 Å². The molecule has 2 saturated carbocycles. The fraction of sp³-hybridized carbons (Fsp3) is 0.587. The molecular formula is C109H148BBrN6O18. The van der Waals surface area contributed by atoms with Crippen molar-refractivity contribution in [3.63, 3.8) is 0 Å². The van der Waals surface area contributed by atoms with Crippen molar-refractivity contribution in [2.75, 3.05) is 120 Å². The highest BCUT2D eigenvalue weighted by atomic mass is 79.9. The van der Waals surface area contributed by atoms with Gasteiger partial charge in [-0.1, -0.05) is 65.5 Å². The second kappa shape index (κ2) is 46.5. The van der Waals surface area contributed by atoms with Gasteiger partial charge in [0, 0.05) is 201 Å². The highest BCUT2D eigenvalue weighted by Gasteiger charge is 2.52. The first-order chi connectivity index (χ1) is 65.3. The van der Waals surface area contributed by atoms with Crippen LogP contribution in [-0.4, -0.2) is 172 Å². The van der Waals surface area contributed by atoms with E-state index in [2.05, 4.69) is 177 Å². The maximum Gasteiger partial charge on any atom is 0.490 e. The zero-order valence-electron chi connectivity index (χ0n) is 83.5. The molecule has 10 heterocycles. The Kier molecular flexibility index (Phi) is 35.1. The maximum atomic E-state index is 14.0. The summed E-state index contributed by atoms with van der Waals surface area (Å²) in [4.78, 5) is 77.4. The number of nitrogens with one attached hydrogen (secondary N) is 2. The van der Waals surface area contributed by atoms with Crippen LogP contribution < -0.4 is 30.5 Å². The number of fused-ring (bicyclic) bond motifs is 4. The summed E-state index contributed by atoms with van der Waals surface area (Å²) in [5, 5.41) is 6.53. The van der Waals surface area contributed by atoms with Gasteiger partial charge in [0.1, 0.15) is 39.6 Å². The van der Waals surface area contributed by atoms with Crippen molar-refractivity contribution < 1.29 is 79.3 Å². The van der Waals surface area contributed by atoms with Crippen LogP contribution in [0.4, 0.5) is 22.7 Å². The Hall–Kier alpha value is -9.15. The molecule has 24 nitrogen and oxygen atoms in total. The minimum atomic E-state index is -0.319. The van der Waals surface area contributed by atoms with Gasteiger partial charge in [-0.2, -0.15) is 0 Å². The number of halogens is 1. The van der Waals surface area contributed by atoms with E-state index in [1.807, 2.05) is 32.0 Å². The van der Waals surface area contributed by atoms with Crippen molar-refractivity contribution >= 4 is 119 Å². The molecule has 9 aromatic rings. The summed E-state index contributed by atoms with van der Waals surface area (Å²) in [6, 6.07) is 20.2. The first-order valence-electron chi connectivity index (χ1n) is 50.7. The molecule has 7 fully saturated rings. The molecule has 18 rings (SSSR count). The summed E-state index contributed by atoms with van der Waals surface area (Å²) in [7, 11) is 4.25. The van der Waals surface area contributed by atoms with Gasteiger partial charge in [-0.25, -0.2) is 14.4 Å². The van der Waals surface area contributed by atoms with Crippen LogP contribution in [0, 0.1) is 13.8 Å². The Morgan fingerprint density at radius 3 is 1.15 bits per heavy atom. The number of benzene rings is 4. The molecule has 0 spiro atoms. The van der Waals surface area contributed by atoms with Crippen LogP contribution in [-0.2, 0) is 74.7 Å². The van der Waals surface area contributed by atoms with E-state index in [9.17, 15) is 24.0 Å². The highest BCUT2D eigenvalue weighted by Crippen LogP contribution is 2.48. The van der Waals surface area contributed by atoms with Crippen LogP contribution in [0.15, 0.2) is 99.4 Å². The van der Waals surface area contributed by atoms with Crippen molar-refractivity contribution in [3.05, 3.63) is 166 Å². The summed E-state index contributed by atoms with van der Waals surface area (Å²) in [6.45, 7) is 39.2. The van der Waals surface area contributed by atoms with Crippen molar-refractivity contribution in [3.8, 4) is 0 Å². The number of H-pyrrole nitrogens is 1. The number of carbonyl (C=O) groups excluding carboxylic acids is 4. The Labute approximate surface area is 807 Å². The number of amides is 1. The number of aromatic amines is 1. The number of anilines is 4. The number of aromatic nitrogens is 1. The number of methoxy groups -OCH3 is 3. The Morgan fingerprint density at radius 1 is 0.437 bits per heavy atom. The Bertz CT molecular complexity index is 5700. The van der Waals surface area contributed by atoms with Crippen molar-refractivity contribution in [1.29, 1.82) is 0 Å². The van der Waals surface area contributed by atoms with E-state index in [4.69, 9.17) is 60.1 Å². The molecule has 0 bridgehead atoms. The van der Waals surface area contributed by atoms with Gasteiger partial charge in [0.15, 0.2) is 4.67 Å². The number of hydrogen-bond donors (Lipinski definition) is 2. The van der Waals surface area contributed by atoms with Crippen LogP contribution in [0.3, 0.4) is 0 Å². The van der Waals surface area contributed by atoms with E-state index < -0.39 is 0 Å². The zero-order chi connectivity index (χ0) is 95.9. The van der Waals surface area contributed by atoms with E-state index in [-0.39, 0.29) is 54.2 Å². The van der Waals surface area contributed by atoms with Gasteiger partial charge in [-0.3, -0.25) is 9.59 Å². The molecule has 26 heteroatoms. The minimum Gasteiger partial charge on any atom is -0.465 e. The first kappa shape index (κ1) is 102. The quantitative estimate of drug-likeness (QED) is 0.0290. The van der Waals surface area contributed by atoms with Crippen LogP contribution in [0.2, 0.25) is 0 Å². The number of nitrogens with zero attached hydrogens (tertiary/aromatic N) is 4. The highest BCUT2D eigenvalue weighted by molar-refractivity contribution is 9.10. The molecule has 0 unspecified atom stereocenters. The minimum absolute atomic E-state index is 0.0949. The summed E-state index contributed by atoms with van der Waals surface area (Å²) in [6.07, 6.45) is 31.9. The average Bonchev–Trinajstić information content (AvgIpc) is 1.68. The summed E-state index contributed by atoms with van der Waals surface area (Å²) >= 11 is 3.38. The molecule has 2 N–H and O–H groups in total. The van der Waals surface area contributed by atoms with Gasteiger partial charge in [0.25, 0.3) is 11.5 Å². The third kappa shape index (κ3) is 22.6. The fourth-order valence-electron chi connectivity index (χ4n) is 22.2. The van der Waals surface area contributed by atoms with Gasteiger partial charge in [-0.05, 0) is 296 Å². The molecule has 0 radical (unpaired) electrons. The lowest BCUT2D eigenvalue weighted by Crippen LogP contribution is -2.41. The molecule has 5 aliphatic heterocycles. The number of rotatable bonds is 26. The first-order valence-corrected chi connectivity index (χ1v) is 51.4. The summed E-state index contributed by atoms with van der Waals surface area (Å²) in [5.41, 5.74) is 18.5. The summed E-state index contributed by atoms with van der Waals surface area (Å²) in [5.74, 6) is 2.75. The monoisotopic (exact) mass is 1920 g/mol. The third-order valence-corrected chi connectivity index (χ3v) is 30.4. The lowest BCUT2D eigenvalue weighted by Gasteiger charge is -2.37. The van der Waals surface area contributed by atoms with E-state index >= 15 is 0 Å². The summed E-state index contributed by atoms with van der Waals surface area (Å²) < 4.78 is 75.2. The van der Waals surface area contributed by atoms with Crippen LogP contribution in [0.1, 0.15) is 334 Å². The molecular weight excluding hydrogens is 1770 g/mol. The Balaban J connectivity index is 0.000000139. The SMILES string of the molecule is CC1(C)OB(C2=CCCC2)OC1(C)C.CCc1c(N(CC)C2CCOCC2)cc2oc(Br)cc2c1C(=O)OC.CCc1c(N(CC)C2CCOCC2)cc2oc(C3=CCCC3)cc2c1C(=O)OC.CCc1c(N(CC)C2CCOCC2)cc2oc(C3CCCC3)cc2c1C(=O)NCc1c(C)cc(C)[nH]c1=O.CCc1c(N(CC)C2CCOCC2)cc2oc(C3CCCC3)cc2c1C(=O)OC. The van der Waals surface area contributed by atoms with E-state index in [1.165, 1.54) is 83.7 Å². The number of hydrogen-bond acceptors (Lipinski definition) is 22. The van der Waals surface area contributed by atoms with Crippen molar-refractivity contribution in [2.45, 2.75) is 318 Å². The predicted octanol–water partition coefficient (Wildman–Crippen LogP) is 24.0. The van der Waals surface area contributed by atoms with Crippen LogP contribution in [0.5, 0.6) is 0 Å². The second-order valence-corrected chi connectivity index (χ2v) is 39.3. The molecule has 5 saturated heterocycles. The number of aryl methyl sites for hydroxylation is 2. The van der Waals surface area contributed by atoms with Gasteiger partial charge in [0.05, 0.1) is 54.8 Å². The molecule has 4 aliphatic carbocycles. The van der Waals surface area contributed by atoms with Gasteiger partial charge in [0.2, 0.25) is 0 Å². The van der Waals surface area contributed by atoms with Gasteiger partial charge in [-0.15, -0.1) is 0 Å². The van der Waals surface area contributed by atoms with E-state index in [0.717, 1.165) is 306 Å². The number of esters is 3. The fourth-order valence-corrected chi connectivity index (χ4v) is 22.6. The molecule has 5 aromatic heterocycles. The van der Waals surface area contributed by atoms with Crippen molar-refractivity contribution in [2.24, 2.45) is 0 Å². The molecule has 732 valence electrons. The number of pyridine rings is 1. The number of ether oxygens (including phenoxy) is 7. The number of furan rings is 4. The largest absolute Gasteiger partial charge is 0.490 e. The predicted molar refractivity (Wildman–Crippen MR) is 541 cm³/mol. The molecule has 1 amide bonds. The van der Waals surface area contributed by atoms with Gasteiger partial charge >= 0.3 is 25.0 Å². The molecule has 9 aliphatic rings. The van der Waals surface area contributed by atoms with Crippen LogP contribution in [0.25, 0.3) is 49.5 Å². The topological polar surface area (TPSA) is 262 Å². The van der Waals surface area contributed by atoms with E-state index in [0.29, 0.717) is 74.1 Å². The van der Waals surface area contributed by atoms with Crippen molar-refractivity contribution in [1.82, 2.24) is 10.3 Å². The normalized spacial score (nSPS) is 18.4. The standard InChI is InChI=1S/C31H41N3O4.C24H33NO4.C24H31NO4.C19H24BrNO4.C11H19BO2/c1-5-23-26(34(6-2)22-11-13-37-14-12-22)17-28-24(16-27(38-28)21-9-7-8-10-21)29(23)31(36)32-18-25-19(3)15-20(4)33-30(25)35;2*1-4-18-20(25(5-2)17-10-12-28-13-11-17)15-22-19(23(18)24(26)27-3)14-21(29-22)16-8-6-7-9-16;1-4-13-15(21(5-2)12-6-8-24-9-7-12)11-16-14(10-17(20)25-16)18(13)19(22)23-3;1-10(2)11(3,4)14-12(13-10)9-7-5-6-8-9/h15-17,21-22H,5-14,18H2,1-4H3,(H,32,36)(H,33,35);14-17H,4-13H2,1-3H3;8,14-15,17H,4-7,9-13H2,1-3H3;10-12H,4-9H2,1-3H3;7H,5-6,8H2,1-4H3. The van der Waals surface area contributed by atoms with E-state index in [1.54, 1.807) is 0 Å². The second-order valence-electron chi connectivity index (χ2n) is 38.5. The smallest absolute Gasteiger partial charge is 0.465 e. The lowest BCUT2D eigenvalue weighted by atomic mass is 9.78. The third-order valence-electron chi connectivity index (χ3n) is 30.0. The number of carbonyl (C=O) groups is 4. The van der Waals surface area contributed by atoms with Crippen LogP contribution >= 0.6 is 15.9 Å². The molecule has 0 atom stereocenters. The maximum absolute atomic E-state index is 14.0. The molecule has 4 aromatic carbocycles.